The highest BCUT2D eigenvalue weighted by Gasteiger charge is 2.16. The summed E-state index contributed by atoms with van der Waals surface area (Å²) < 4.78 is 24.7. The van der Waals surface area contributed by atoms with E-state index in [1.807, 2.05) is 19.1 Å². The maximum absolute atomic E-state index is 12.3. The van der Waals surface area contributed by atoms with Crippen molar-refractivity contribution in [2.75, 3.05) is 26.2 Å². The SMILES string of the molecule is CCc1ccc(C(=O)CN(CCO)CC(F)F)cc1. The number of hydrogen-bond acceptors (Lipinski definition) is 3. The molecule has 0 saturated carbocycles. The number of carbonyl (C=O) groups is 1. The van der Waals surface area contributed by atoms with Crippen LogP contribution >= 0.6 is 0 Å². The Hall–Kier alpha value is -1.33. The van der Waals surface area contributed by atoms with Crippen LogP contribution in [0, 0.1) is 0 Å². The van der Waals surface area contributed by atoms with E-state index in [0.29, 0.717) is 5.56 Å². The molecule has 0 aromatic heterocycles. The largest absolute Gasteiger partial charge is 0.395 e. The Morgan fingerprint density at radius 3 is 2.42 bits per heavy atom. The predicted molar refractivity (Wildman–Crippen MR) is 69.7 cm³/mol. The number of alkyl halides is 2. The number of hydrogen-bond donors (Lipinski definition) is 1. The number of benzene rings is 1. The third kappa shape index (κ3) is 5.44. The fourth-order valence-corrected chi connectivity index (χ4v) is 1.79. The lowest BCUT2D eigenvalue weighted by Crippen LogP contribution is -2.36. The zero-order valence-corrected chi connectivity index (χ0v) is 11.0. The molecule has 1 rings (SSSR count). The standard InChI is InChI=1S/C14H19F2NO2/c1-2-11-3-5-12(6-4-11)13(19)9-17(7-8-18)10-14(15)16/h3-6,14,18H,2,7-10H2,1H3. The van der Waals surface area contributed by atoms with E-state index >= 15 is 0 Å². The molecular formula is C14H19F2NO2. The summed E-state index contributed by atoms with van der Waals surface area (Å²) in [5, 5.41) is 8.80. The van der Waals surface area contributed by atoms with E-state index in [0.717, 1.165) is 12.0 Å². The maximum atomic E-state index is 12.3. The minimum Gasteiger partial charge on any atom is -0.395 e. The summed E-state index contributed by atoms with van der Waals surface area (Å²) in [5.41, 5.74) is 1.63. The molecule has 0 atom stereocenters. The van der Waals surface area contributed by atoms with Crippen LogP contribution < -0.4 is 0 Å². The topological polar surface area (TPSA) is 40.5 Å². The van der Waals surface area contributed by atoms with Crippen molar-refractivity contribution in [1.29, 1.82) is 0 Å². The van der Waals surface area contributed by atoms with Crippen LogP contribution in [-0.2, 0) is 6.42 Å². The van der Waals surface area contributed by atoms with Gasteiger partial charge in [-0.2, -0.15) is 0 Å². The summed E-state index contributed by atoms with van der Waals surface area (Å²) in [6.07, 6.45) is -1.63. The van der Waals surface area contributed by atoms with Crippen molar-refractivity contribution in [2.45, 2.75) is 19.8 Å². The van der Waals surface area contributed by atoms with Crippen LogP contribution in [0.2, 0.25) is 0 Å². The fraction of sp³-hybridized carbons (Fsp3) is 0.500. The molecule has 0 heterocycles. The van der Waals surface area contributed by atoms with Crippen LogP contribution in [0.5, 0.6) is 0 Å². The molecule has 0 radical (unpaired) electrons. The number of ketones is 1. The first-order valence-electron chi connectivity index (χ1n) is 6.30. The lowest BCUT2D eigenvalue weighted by molar-refractivity contribution is 0.0689. The summed E-state index contributed by atoms with van der Waals surface area (Å²) in [5.74, 6) is -0.211. The average molecular weight is 271 g/mol. The van der Waals surface area contributed by atoms with Gasteiger partial charge in [-0.1, -0.05) is 31.2 Å². The van der Waals surface area contributed by atoms with Gasteiger partial charge in [0.2, 0.25) is 0 Å². The van der Waals surface area contributed by atoms with Gasteiger partial charge in [-0.05, 0) is 12.0 Å². The second-order valence-electron chi connectivity index (χ2n) is 4.32. The first-order valence-corrected chi connectivity index (χ1v) is 6.30. The molecule has 0 fully saturated rings. The number of nitrogens with zero attached hydrogens (tertiary/aromatic N) is 1. The van der Waals surface area contributed by atoms with Gasteiger partial charge in [-0.3, -0.25) is 9.69 Å². The normalized spacial score (nSPS) is 11.3. The van der Waals surface area contributed by atoms with Gasteiger partial charge >= 0.3 is 0 Å². The molecule has 1 aromatic carbocycles. The number of aryl methyl sites for hydroxylation is 1. The monoisotopic (exact) mass is 271 g/mol. The summed E-state index contributed by atoms with van der Waals surface area (Å²) in [7, 11) is 0. The molecule has 1 aromatic rings. The van der Waals surface area contributed by atoms with Crippen LogP contribution in [0.3, 0.4) is 0 Å². The molecule has 0 bridgehead atoms. The molecule has 0 aliphatic heterocycles. The van der Waals surface area contributed by atoms with Crippen LogP contribution in [0.25, 0.3) is 0 Å². The predicted octanol–water partition coefficient (Wildman–Crippen LogP) is 1.99. The molecule has 0 amide bonds. The van der Waals surface area contributed by atoms with Crippen LogP contribution in [-0.4, -0.2) is 48.5 Å². The molecule has 106 valence electrons. The van der Waals surface area contributed by atoms with Crippen LogP contribution in [0.1, 0.15) is 22.8 Å². The Labute approximate surface area is 111 Å². The molecule has 0 saturated heterocycles. The van der Waals surface area contributed by atoms with E-state index in [4.69, 9.17) is 5.11 Å². The highest BCUT2D eigenvalue weighted by molar-refractivity contribution is 5.97. The average Bonchev–Trinajstić information content (AvgIpc) is 2.38. The molecular weight excluding hydrogens is 252 g/mol. The molecule has 0 unspecified atom stereocenters. The molecule has 0 aliphatic carbocycles. The Kier molecular flexibility index (Phi) is 6.59. The van der Waals surface area contributed by atoms with Gasteiger partial charge < -0.3 is 5.11 Å². The van der Waals surface area contributed by atoms with Crippen LogP contribution in [0.15, 0.2) is 24.3 Å². The number of Topliss-reactive ketones (excluding diaryl/α,β-unsaturated/α-hetero) is 1. The van der Waals surface area contributed by atoms with Crippen LogP contribution in [0.4, 0.5) is 8.78 Å². The highest BCUT2D eigenvalue weighted by atomic mass is 19.3. The minimum atomic E-state index is -2.51. The minimum absolute atomic E-state index is 0.0725. The van der Waals surface area contributed by atoms with E-state index < -0.39 is 13.0 Å². The Morgan fingerprint density at radius 2 is 1.95 bits per heavy atom. The number of aliphatic hydroxyl groups excluding tert-OH is 1. The number of aliphatic hydroxyl groups is 1. The molecule has 19 heavy (non-hydrogen) atoms. The third-order valence-corrected chi connectivity index (χ3v) is 2.86. The van der Waals surface area contributed by atoms with Gasteiger partial charge in [0.15, 0.2) is 5.78 Å². The number of rotatable bonds is 8. The van der Waals surface area contributed by atoms with E-state index in [1.54, 1.807) is 12.1 Å². The lowest BCUT2D eigenvalue weighted by atomic mass is 10.1. The highest BCUT2D eigenvalue weighted by Crippen LogP contribution is 2.07. The molecule has 0 spiro atoms. The first kappa shape index (κ1) is 15.7. The first-order chi connectivity index (χ1) is 9.06. The van der Waals surface area contributed by atoms with E-state index in [-0.39, 0.29) is 25.5 Å². The number of halogens is 2. The van der Waals surface area contributed by atoms with Crippen molar-refractivity contribution < 1.29 is 18.7 Å². The fourth-order valence-electron chi connectivity index (χ4n) is 1.79. The summed E-state index contributed by atoms with van der Waals surface area (Å²) in [4.78, 5) is 13.2. The van der Waals surface area contributed by atoms with Crippen molar-refractivity contribution in [3.8, 4) is 0 Å². The third-order valence-electron chi connectivity index (χ3n) is 2.86. The molecule has 0 aliphatic rings. The Morgan fingerprint density at radius 1 is 1.32 bits per heavy atom. The van der Waals surface area contributed by atoms with Crippen molar-refractivity contribution in [1.82, 2.24) is 4.90 Å². The summed E-state index contributed by atoms with van der Waals surface area (Å²) in [6, 6.07) is 7.13. The van der Waals surface area contributed by atoms with Crippen molar-refractivity contribution in [3.05, 3.63) is 35.4 Å². The summed E-state index contributed by atoms with van der Waals surface area (Å²) in [6.45, 7) is 1.25. The van der Waals surface area contributed by atoms with E-state index in [1.165, 1.54) is 4.90 Å². The molecule has 3 nitrogen and oxygen atoms in total. The lowest BCUT2D eigenvalue weighted by Gasteiger charge is -2.19. The van der Waals surface area contributed by atoms with Crippen molar-refractivity contribution in [3.63, 3.8) is 0 Å². The second kappa shape index (κ2) is 7.96. The molecule has 5 heteroatoms. The van der Waals surface area contributed by atoms with Gasteiger partial charge in [0.05, 0.1) is 19.7 Å². The molecule has 1 N–H and O–H groups in total. The van der Waals surface area contributed by atoms with Gasteiger partial charge in [-0.25, -0.2) is 8.78 Å². The Balaban J connectivity index is 2.64. The summed E-state index contributed by atoms with van der Waals surface area (Å²) >= 11 is 0. The second-order valence-corrected chi connectivity index (χ2v) is 4.32. The van der Waals surface area contributed by atoms with Crippen molar-refractivity contribution >= 4 is 5.78 Å². The van der Waals surface area contributed by atoms with Gasteiger partial charge in [0.25, 0.3) is 6.43 Å². The smallest absolute Gasteiger partial charge is 0.251 e. The quantitative estimate of drug-likeness (QED) is 0.735. The maximum Gasteiger partial charge on any atom is 0.251 e. The van der Waals surface area contributed by atoms with Crippen molar-refractivity contribution in [2.24, 2.45) is 0 Å². The zero-order chi connectivity index (χ0) is 14.3. The van der Waals surface area contributed by atoms with E-state index in [9.17, 15) is 13.6 Å². The number of carbonyl (C=O) groups excluding carboxylic acids is 1. The van der Waals surface area contributed by atoms with Gasteiger partial charge in [0, 0.05) is 12.1 Å². The van der Waals surface area contributed by atoms with Gasteiger partial charge in [-0.15, -0.1) is 0 Å². The van der Waals surface area contributed by atoms with Gasteiger partial charge in [0.1, 0.15) is 0 Å². The zero-order valence-electron chi connectivity index (χ0n) is 11.0. The Bertz CT molecular complexity index is 393. The van der Waals surface area contributed by atoms with E-state index in [2.05, 4.69) is 0 Å².